The molecule has 2 aliphatic carbocycles. The Kier molecular flexibility index (Phi) is 3.49. The maximum atomic E-state index is 13.5. The number of hydrogen-bond acceptors (Lipinski definition) is 6. The molecule has 0 aromatic heterocycles. The number of carboxylic acid groups (broad SMARTS) is 3. The van der Waals surface area contributed by atoms with Crippen LogP contribution in [0.25, 0.3) is 54.2 Å². The molecule has 2 aliphatic rings. The third-order valence-corrected chi connectivity index (χ3v) is 6.39. The molecule has 0 saturated heterocycles. The Labute approximate surface area is 186 Å². The summed E-state index contributed by atoms with van der Waals surface area (Å²) in [6.07, 6.45) is 0. The van der Waals surface area contributed by atoms with Crippen molar-refractivity contribution in [2.24, 2.45) is 0 Å². The highest BCUT2D eigenvalue weighted by Crippen LogP contribution is 2.50. The van der Waals surface area contributed by atoms with Crippen LogP contribution in [-0.2, 0) is 0 Å². The minimum atomic E-state index is -1.38. The van der Waals surface area contributed by atoms with Crippen LogP contribution in [-0.4, -0.2) is 38.3 Å². The lowest BCUT2D eigenvalue weighted by Gasteiger charge is -2.22. The van der Waals surface area contributed by atoms with E-state index in [9.17, 15) is 44.4 Å². The predicted octanol–water partition coefficient (Wildman–Crippen LogP) is 3.24. The molecule has 34 heavy (non-hydrogen) atoms. The van der Waals surface area contributed by atoms with Crippen LogP contribution in [0.1, 0.15) is 31.1 Å². The third kappa shape index (κ3) is 2.19. The fourth-order valence-corrected chi connectivity index (χ4v) is 5.00. The van der Waals surface area contributed by atoms with E-state index < -0.39 is 34.5 Å². The lowest BCUT2D eigenvalue weighted by atomic mass is 9.79. The molecule has 0 bridgehead atoms. The summed E-state index contributed by atoms with van der Waals surface area (Å²) in [6.45, 7) is 0. The summed E-state index contributed by atoms with van der Waals surface area (Å²) in [5, 5.41) is 39.9. The zero-order chi connectivity index (χ0) is 24.2. The van der Waals surface area contributed by atoms with Gasteiger partial charge in [0, 0.05) is 54.2 Å². The van der Waals surface area contributed by atoms with E-state index in [1.54, 1.807) is 0 Å². The van der Waals surface area contributed by atoms with Gasteiger partial charge in [-0.05, 0) is 36.4 Å². The fraction of sp³-hybridized carbons (Fsp3) is 0. The van der Waals surface area contributed by atoms with E-state index >= 15 is 0 Å². The summed E-state index contributed by atoms with van der Waals surface area (Å²) in [4.78, 5) is 62.1. The second kappa shape index (κ2) is 6.04. The van der Waals surface area contributed by atoms with E-state index in [1.807, 2.05) is 0 Å². The molecule has 9 heteroatoms. The van der Waals surface area contributed by atoms with Crippen LogP contribution >= 0.6 is 0 Å². The number of carbonyl (C=O) groups is 3. The van der Waals surface area contributed by atoms with E-state index in [0.29, 0.717) is 5.56 Å². The SMILES string of the molecule is O=C(O)c1cc2c3c(c1)c(=O)c1cc(C(=O)O)cc4c(O)c5cc(C(=O)O)cc(c2=O)c5c-3c41. The van der Waals surface area contributed by atoms with Crippen LogP contribution in [0.4, 0.5) is 0 Å². The highest BCUT2D eigenvalue weighted by Gasteiger charge is 2.30. The van der Waals surface area contributed by atoms with Crippen molar-refractivity contribution in [2.45, 2.75) is 0 Å². The molecule has 0 aliphatic heterocycles. The zero-order valence-corrected chi connectivity index (χ0v) is 16.8. The Morgan fingerprint density at radius 3 is 1.18 bits per heavy atom. The van der Waals surface area contributed by atoms with Crippen LogP contribution < -0.4 is 10.9 Å². The van der Waals surface area contributed by atoms with E-state index in [4.69, 9.17) is 0 Å². The molecule has 4 N–H and O–H groups in total. The number of hydrogen-bond donors (Lipinski definition) is 4. The molecule has 0 fully saturated rings. The van der Waals surface area contributed by atoms with Gasteiger partial charge in [-0.15, -0.1) is 0 Å². The smallest absolute Gasteiger partial charge is 0.335 e. The molecule has 0 saturated carbocycles. The van der Waals surface area contributed by atoms with Crippen LogP contribution in [0.5, 0.6) is 5.75 Å². The molecule has 9 nitrogen and oxygen atoms in total. The summed E-state index contributed by atoms with van der Waals surface area (Å²) in [5.74, 6) is -4.56. The van der Waals surface area contributed by atoms with Gasteiger partial charge in [-0.1, -0.05) is 0 Å². The van der Waals surface area contributed by atoms with Crippen molar-refractivity contribution in [3.63, 3.8) is 0 Å². The normalized spacial score (nSPS) is 12.0. The molecule has 0 atom stereocenters. The minimum absolute atomic E-state index is 0.00694. The number of aromatic carboxylic acids is 3. The first kappa shape index (κ1) is 19.6. The lowest BCUT2D eigenvalue weighted by molar-refractivity contribution is 0.0686. The van der Waals surface area contributed by atoms with Crippen LogP contribution in [0.15, 0.2) is 46.0 Å². The van der Waals surface area contributed by atoms with Crippen molar-refractivity contribution < 1.29 is 34.8 Å². The van der Waals surface area contributed by atoms with Gasteiger partial charge in [-0.3, -0.25) is 9.59 Å². The second-order valence-corrected chi connectivity index (χ2v) is 8.14. The van der Waals surface area contributed by atoms with Crippen LogP contribution in [0, 0.1) is 0 Å². The summed E-state index contributed by atoms with van der Waals surface area (Å²) in [6, 6.07) is 6.92. The monoisotopic (exact) mass is 454 g/mol. The molecule has 164 valence electrons. The van der Waals surface area contributed by atoms with Crippen molar-refractivity contribution in [1.29, 1.82) is 0 Å². The minimum Gasteiger partial charge on any atom is -0.507 e. The van der Waals surface area contributed by atoms with Gasteiger partial charge in [0.25, 0.3) is 0 Å². The quantitative estimate of drug-likeness (QED) is 0.232. The van der Waals surface area contributed by atoms with Crippen molar-refractivity contribution in [1.82, 2.24) is 0 Å². The van der Waals surface area contributed by atoms with Gasteiger partial charge in [0.05, 0.1) is 16.7 Å². The predicted molar refractivity (Wildman–Crippen MR) is 122 cm³/mol. The highest BCUT2D eigenvalue weighted by molar-refractivity contribution is 6.33. The lowest BCUT2D eigenvalue weighted by Crippen LogP contribution is -2.16. The number of phenols is 1. The molecule has 4 aromatic carbocycles. The fourth-order valence-electron chi connectivity index (χ4n) is 5.00. The Morgan fingerprint density at radius 2 is 0.824 bits per heavy atom. The summed E-state index contributed by atoms with van der Waals surface area (Å²) >= 11 is 0. The van der Waals surface area contributed by atoms with Crippen molar-refractivity contribution in [3.05, 3.63) is 73.5 Å². The molecular weight excluding hydrogens is 444 g/mol. The molecule has 0 amide bonds. The summed E-state index contributed by atoms with van der Waals surface area (Å²) in [7, 11) is 0. The Hall–Kier alpha value is -5.05. The zero-order valence-electron chi connectivity index (χ0n) is 16.8. The standard InChI is InChI=1S/C25H10O9/c26-20-10-1-7(23(29)30)2-11-16(10)19-17-12(20)3-8(24(31)32)4-13(17)22(28)15-6-9(25(33)34)5-14(18(15)19)21(11)27/h1-6,26H,(H,29,30)(H,31,32)(H,33,34). The number of aromatic hydroxyl groups is 1. The summed E-state index contributed by atoms with van der Waals surface area (Å²) in [5.41, 5.74) is -1.75. The first-order chi connectivity index (χ1) is 16.1. The molecule has 4 aromatic rings. The number of carboxylic acids is 3. The van der Waals surface area contributed by atoms with E-state index in [0.717, 1.165) is 24.3 Å². The first-order valence-corrected chi connectivity index (χ1v) is 9.88. The van der Waals surface area contributed by atoms with Crippen LogP contribution in [0.2, 0.25) is 0 Å². The van der Waals surface area contributed by atoms with Gasteiger partial charge in [-0.2, -0.15) is 0 Å². The maximum absolute atomic E-state index is 13.5. The van der Waals surface area contributed by atoms with Gasteiger partial charge in [0.2, 0.25) is 0 Å². The van der Waals surface area contributed by atoms with Crippen molar-refractivity contribution >= 4 is 61.0 Å². The average Bonchev–Trinajstić information content (AvgIpc) is 2.80. The Morgan fingerprint density at radius 1 is 0.500 bits per heavy atom. The van der Waals surface area contributed by atoms with E-state index in [1.165, 1.54) is 12.1 Å². The molecule has 0 heterocycles. The van der Waals surface area contributed by atoms with Crippen molar-refractivity contribution in [2.75, 3.05) is 0 Å². The van der Waals surface area contributed by atoms with Gasteiger partial charge in [-0.25, -0.2) is 14.4 Å². The average molecular weight is 454 g/mol. The van der Waals surface area contributed by atoms with E-state index in [2.05, 4.69) is 0 Å². The van der Waals surface area contributed by atoms with Gasteiger partial charge < -0.3 is 20.4 Å². The Bertz CT molecular complexity index is 1860. The molecule has 0 spiro atoms. The topological polar surface area (TPSA) is 166 Å². The third-order valence-electron chi connectivity index (χ3n) is 6.39. The highest BCUT2D eigenvalue weighted by atomic mass is 16.4. The van der Waals surface area contributed by atoms with E-state index in [-0.39, 0.29) is 65.3 Å². The largest absolute Gasteiger partial charge is 0.507 e. The second-order valence-electron chi connectivity index (χ2n) is 8.14. The number of phenolic OH excluding ortho intramolecular Hbond substituents is 1. The van der Waals surface area contributed by atoms with Gasteiger partial charge >= 0.3 is 17.9 Å². The maximum Gasteiger partial charge on any atom is 0.335 e. The molecular formula is C25H10O9. The number of benzene rings is 6. The first-order valence-electron chi connectivity index (χ1n) is 9.88. The van der Waals surface area contributed by atoms with Crippen molar-refractivity contribution in [3.8, 4) is 16.9 Å². The number of rotatable bonds is 3. The molecule has 0 radical (unpaired) electrons. The Balaban J connectivity index is 2.09. The van der Waals surface area contributed by atoms with Crippen LogP contribution in [0.3, 0.4) is 0 Å². The summed E-state index contributed by atoms with van der Waals surface area (Å²) < 4.78 is 0. The van der Waals surface area contributed by atoms with Gasteiger partial charge in [0.1, 0.15) is 5.75 Å². The molecule has 6 rings (SSSR count). The van der Waals surface area contributed by atoms with Gasteiger partial charge in [0.15, 0.2) is 10.9 Å². The molecule has 0 unspecified atom stereocenters.